The fourth-order valence-corrected chi connectivity index (χ4v) is 2.54. The summed E-state index contributed by atoms with van der Waals surface area (Å²) in [4.78, 5) is 41.5. The van der Waals surface area contributed by atoms with Crippen LogP contribution in [0.4, 0.5) is 10.2 Å². The first-order valence-electron chi connectivity index (χ1n) is 8.35. The van der Waals surface area contributed by atoms with Crippen LogP contribution >= 0.6 is 0 Å². The second-order valence-electron chi connectivity index (χ2n) is 5.81. The van der Waals surface area contributed by atoms with Crippen molar-refractivity contribution >= 4 is 17.8 Å². The van der Waals surface area contributed by atoms with Crippen LogP contribution in [0.25, 0.3) is 10.4 Å². The molecule has 1 aliphatic heterocycles. The van der Waals surface area contributed by atoms with Crippen LogP contribution < -0.4 is 11.4 Å². The fraction of sp³-hybridized carbons (Fsp3) is 0.600. The standard InChI is InChI=1S/C15H19FN6O6/c1-3-9(23)26-7-15(20-21-18)12(27-10(24)4-2)11(16)13(28-15)22-6-5-8(17)19-14(22)25/h5-6,11-13H,3-4,7H2,1-2H3,(H2,17,19,25)/t11-,12+,13-,15?/m1/s1. The Hall–Kier alpha value is -3.18. The van der Waals surface area contributed by atoms with E-state index in [0.29, 0.717) is 0 Å². The van der Waals surface area contributed by atoms with Crippen molar-refractivity contribution in [2.75, 3.05) is 12.3 Å². The van der Waals surface area contributed by atoms with E-state index in [9.17, 15) is 14.4 Å². The molecule has 1 aromatic rings. The van der Waals surface area contributed by atoms with Gasteiger partial charge in [0.25, 0.3) is 0 Å². The summed E-state index contributed by atoms with van der Waals surface area (Å²) in [6.07, 6.45) is -4.54. The second-order valence-corrected chi connectivity index (χ2v) is 5.81. The molecular weight excluding hydrogens is 379 g/mol. The molecule has 0 saturated carbocycles. The van der Waals surface area contributed by atoms with E-state index in [2.05, 4.69) is 15.0 Å². The van der Waals surface area contributed by atoms with Gasteiger partial charge in [-0.3, -0.25) is 14.2 Å². The Kier molecular flexibility index (Phi) is 6.54. The highest BCUT2D eigenvalue weighted by Gasteiger charge is 2.60. The topological polar surface area (TPSA) is 171 Å². The molecule has 13 heteroatoms. The molecule has 1 unspecified atom stereocenters. The van der Waals surface area contributed by atoms with Crippen LogP contribution in [0.15, 0.2) is 22.2 Å². The highest BCUT2D eigenvalue weighted by atomic mass is 19.1. The quantitative estimate of drug-likeness (QED) is 0.306. The van der Waals surface area contributed by atoms with Crippen LogP contribution in [-0.4, -0.2) is 46.1 Å². The lowest BCUT2D eigenvalue weighted by Crippen LogP contribution is -2.47. The van der Waals surface area contributed by atoms with E-state index < -0.39 is 48.5 Å². The molecule has 2 heterocycles. The summed E-state index contributed by atoms with van der Waals surface area (Å²) in [6.45, 7) is 2.27. The predicted octanol–water partition coefficient (Wildman–Crippen LogP) is 0.974. The van der Waals surface area contributed by atoms with Crippen molar-refractivity contribution in [2.24, 2.45) is 5.11 Å². The van der Waals surface area contributed by atoms with Gasteiger partial charge >= 0.3 is 17.6 Å². The summed E-state index contributed by atoms with van der Waals surface area (Å²) in [5.74, 6) is -1.58. The van der Waals surface area contributed by atoms with Gasteiger partial charge in [-0.05, 0) is 11.6 Å². The van der Waals surface area contributed by atoms with E-state index in [0.717, 1.165) is 10.8 Å². The molecule has 0 amide bonds. The lowest BCUT2D eigenvalue weighted by atomic mass is 10.1. The van der Waals surface area contributed by atoms with Crippen molar-refractivity contribution < 1.29 is 28.2 Å². The fourth-order valence-electron chi connectivity index (χ4n) is 2.54. The number of ether oxygens (including phenoxy) is 3. The molecule has 152 valence electrons. The number of esters is 2. The first kappa shape index (κ1) is 21.1. The Labute approximate surface area is 158 Å². The average molecular weight is 398 g/mol. The summed E-state index contributed by atoms with van der Waals surface area (Å²) >= 11 is 0. The number of nitrogens with zero attached hydrogens (tertiary/aromatic N) is 5. The molecule has 0 aromatic carbocycles. The van der Waals surface area contributed by atoms with E-state index in [1.54, 1.807) is 0 Å². The van der Waals surface area contributed by atoms with Crippen LogP contribution in [0.2, 0.25) is 0 Å². The minimum atomic E-state index is -2.21. The van der Waals surface area contributed by atoms with Crippen molar-refractivity contribution in [2.45, 2.75) is 50.9 Å². The number of alkyl halides is 1. The monoisotopic (exact) mass is 398 g/mol. The van der Waals surface area contributed by atoms with Crippen molar-refractivity contribution in [1.82, 2.24) is 9.55 Å². The number of nitrogens with two attached hydrogens (primary N) is 1. The summed E-state index contributed by atoms with van der Waals surface area (Å²) in [5, 5.41) is 3.41. The second kappa shape index (κ2) is 8.67. The molecule has 0 aliphatic carbocycles. The molecule has 1 saturated heterocycles. The molecule has 2 N–H and O–H groups in total. The number of carbonyl (C=O) groups excluding carboxylic acids is 2. The van der Waals surface area contributed by atoms with Crippen molar-refractivity contribution in [1.29, 1.82) is 0 Å². The van der Waals surface area contributed by atoms with E-state index in [1.165, 1.54) is 19.9 Å². The van der Waals surface area contributed by atoms with Gasteiger partial charge in [-0.15, -0.1) is 0 Å². The molecule has 0 bridgehead atoms. The third-order valence-corrected chi connectivity index (χ3v) is 3.95. The van der Waals surface area contributed by atoms with E-state index >= 15 is 4.39 Å². The third kappa shape index (κ3) is 4.21. The first-order valence-corrected chi connectivity index (χ1v) is 8.35. The van der Waals surface area contributed by atoms with Crippen molar-refractivity contribution in [3.8, 4) is 0 Å². The summed E-state index contributed by atoms with van der Waals surface area (Å²) in [7, 11) is 0. The Balaban J connectivity index is 2.49. The molecule has 4 atom stereocenters. The number of nitrogen functional groups attached to an aromatic ring is 1. The average Bonchev–Trinajstić information content (AvgIpc) is 2.92. The Morgan fingerprint density at radius 3 is 2.71 bits per heavy atom. The summed E-state index contributed by atoms with van der Waals surface area (Å²) in [5.41, 5.74) is 11.2. The molecule has 0 spiro atoms. The van der Waals surface area contributed by atoms with Crippen molar-refractivity contribution in [3.63, 3.8) is 0 Å². The minimum Gasteiger partial charge on any atom is -0.462 e. The van der Waals surface area contributed by atoms with Crippen LogP contribution in [0, 0.1) is 0 Å². The third-order valence-electron chi connectivity index (χ3n) is 3.95. The van der Waals surface area contributed by atoms with Crippen LogP contribution in [-0.2, 0) is 23.8 Å². The van der Waals surface area contributed by atoms with Gasteiger partial charge in [-0.2, -0.15) is 4.98 Å². The zero-order valence-electron chi connectivity index (χ0n) is 15.1. The maximum absolute atomic E-state index is 15.2. The molecule has 2 rings (SSSR count). The molecule has 0 radical (unpaired) electrons. The normalized spacial score (nSPS) is 26.3. The maximum Gasteiger partial charge on any atom is 0.351 e. The molecule has 1 fully saturated rings. The van der Waals surface area contributed by atoms with Crippen molar-refractivity contribution in [3.05, 3.63) is 33.2 Å². The highest BCUT2D eigenvalue weighted by Crippen LogP contribution is 2.42. The molecule has 12 nitrogen and oxygen atoms in total. The van der Waals surface area contributed by atoms with Gasteiger partial charge in [0.1, 0.15) is 12.4 Å². The summed E-state index contributed by atoms with van der Waals surface area (Å²) in [6, 6.07) is 1.23. The number of hydrogen-bond donors (Lipinski definition) is 1. The minimum absolute atomic E-state index is 0.00438. The van der Waals surface area contributed by atoms with E-state index in [-0.39, 0.29) is 18.7 Å². The largest absolute Gasteiger partial charge is 0.462 e. The van der Waals surface area contributed by atoms with Crippen LogP contribution in [0.5, 0.6) is 0 Å². The lowest BCUT2D eigenvalue weighted by Gasteiger charge is -2.28. The van der Waals surface area contributed by atoms with Gasteiger partial charge in [0, 0.05) is 24.0 Å². The van der Waals surface area contributed by atoms with Crippen LogP contribution in [0.1, 0.15) is 32.9 Å². The number of hydrogen-bond acceptors (Lipinski definition) is 9. The van der Waals surface area contributed by atoms with Gasteiger partial charge < -0.3 is 19.9 Å². The van der Waals surface area contributed by atoms with Crippen LogP contribution in [0.3, 0.4) is 0 Å². The molecule has 1 aliphatic rings. The van der Waals surface area contributed by atoms with Gasteiger partial charge in [0.05, 0.1) is 0 Å². The number of anilines is 1. The van der Waals surface area contributed by atoms with Gasteiger partial charge in [-0.25, -0.2) is 9.18 Å². The first-order chi connectivity index (χ1) is 13.3. The molecular formula is C15H19FN6O6. The number of halogens is 1. The maximum atomic E-state index is 15.2. The number of azide groups is 1. The summed E-state index contributed by atoms with van der Waals surface area (Å²) < 4.78 is 31.5. The van der Waals surface area contributed by atoms with E-state index in [1.807, 2.05) is 0 Å². The smallest absolute Gasteiger partial charge is 0.351 e. The predicted molar refractivity (Wildman–Crippen MR) is 91.2 cm³/mol. The highest BCUT2D eigenvalue weighted by molar-refractivity contribution is 5.69. The number of aromatic nitrogens is 2. The number of carbonyl (C=O) groups is 2. The van der Waals surface area contributed by atoms with Gasteiger partial charge in [0.2, 0.25) is 5.72 Å². The zero-order valence-corrected chi connectivity index (χ0v) is 15.1. The molecule has 1 aromatic heterocycles. The Morgan fingerprint density at radius 2 is 2.14 bits per heavy atom. The Bertz CT molecular complexity index is 856. The molecule has 28 heavy (non-hydrogen) atoms. The van der Waals surface area contributed by atoms with Gasteiger partial charge in [0.15, 0.2) is 18.5 Å². The lowest BCUT2D eigenvalue weighted by molar-refractivity contribution is -0.176. The zero-order chi connectivity index (χ0) is 20.9. The number of rotatable bonds is 7. The van der Waals surface area contributed by atoms with E-state index in [4.69, 9.17) is 25.5 Å². The van der Waals surface area contributed by atoms with Gasteiger partial charge in [-0.1, -0.05) is 19.0 Å². The Morgan fingerprint density at radius 1 is 1.46 bits per heavy atom. The SMILES string of the molecule is CCC(=O)OCC1(N=[N+]=[N-])O[C@@H](n2ccc(N)nc2=O)[C@H](F)[C@@H]1OC(=O)CC.